The highest BCUT2D eigenvalue weighted by Crippen LogP contribution is 2.37. The number of carboxylic acid groups (broad SMARTS) is 1. The largest absolute Gasteiger partial charge is 0.496 e. The minimum atomic E-state index is -1.09. The maximum absolute atomic E-state index is 11.6. The smallest absolute Gasteiger partial charge is 0.342 e. The lowest BCUT2D eigenvalue weighted by Crippen LogP contribution is -1.99. The predicted octanol–water partition coefficient (Wildman–Crippen LogP) is 2.61. The quantitative estimate of drug-likeness (QED) is 0.543. The number of carboxylic acids is 1. The van der Waals surface area contributed by atoms with Gasteiger partial charge in [0.2, 0.25) is 5.16 Å². The summed E-state index contributed by atoms with van der Waals surface area (Å²) in [5.41, 5.74) is 0.538. The van der Waals surface area contributed by atoms with Crippen molar-refractivity contribution in [3.63, 3.8) is 0 Å². The number of hydrogen-bond donors (Lipinski definition) is 2. The van der Waals surface area contributed by atoms with Gasteiger partial charge in [-0.15, -0.1) is 5.10 Å². The zero-order valence-corrected chi connectivity index (χ0v) is 15.1. The maximum atomic E-state index is 11.6. The number of aromatic amines is 1. The Balaban J connectivity index is 2.43. The molecule has 0 saturated heterocycles. The van der Waals surface area contributed by atoms with Crippen LogP contribution < -0.4 is 14.2 Å². The molecule has 2 aromatic rings. The Labute approximate surface area is 149 Å². The molecular formula is C16H19N3O5S. The molecule has 1 aromatic heterocycles. The van der Waals surface area contributed by atoms with Crippen molar-refractivity contribution in [2.45, 2.75) is 18.5 Å². The second-order valence-electron chi connectivity index (χ2n) is 4.78. The van der Waals surface area contributed by atoms with Crippen LogP contribution in [0.25, 0.3) is 6.08 Å². The summed E-state index contributed by atoms with van der Waals surface area (Å²) in [6.45, 7) is 1.93. The zero-order valence-electron chi connectivity index (χ0n) is 14.3. The number of carbonyl (C=O) groups is 1. The molecule has 2 rings (SSSR count). The first-order valence-corrected chi connectivity index (χ1v) is 8.18. The van der Waals surface area contributed by atoms with E-state index in [2.05, 4.69) is 15.2 Å². The summed E-state index contributed by atoms with van der Waals surface area (Å²) in [6, 6.07) is 3.29. The van der Waals surface area contributed by atoms with Crippen molar-refractivity contribution in [3.8, 4) is 17.2 Å². The van der Waals surface area contributed by atoms with Crippen LogP contribution in [0.1, 0.15) is 18.3 Å². The molecule has 9 heteroatoms. The van der Waals surface area contributed by atoms with E-state index < -0.39 is 5.97 Å². The Hall–Kier alpha value is -2.68. The fraction of sp³-hybridized carbons (Fsp3) is 0.312. The minimum absolute atomic E-state index is 0.0483. The monoisotopic (exact) mass is 365 g/mol. The lowest BCUT2D eigenvalue weighted by molar-refractivity contribution is -0.131. The summed E-state index contributed by atoms with van der Waals surface area (Å²) in [5.74, 6) is 1.01. The Kier molecular flexibility index (Phi) is 6.29. The number of ether oxygens (including phenoxy) is 3. The van der Waals surface area contributed by atoms with E-state index in [1.165, 1.54) is 27.4 Å². The van der Waals surface area contributed by atoms with Gasteiger partial charge in [-0.3, -0.25) is 5.10 Å². The molecule has 0 saturated carbocycles. The van der Waals surface area contributed by atoms with E-state index in [0.717, 1.165) is 11.8 Å². The number of hydrogen-bond acceptors (Lipinski definition) is 7. The van der Waals surface area contributed by atoms with Crippen molar-refractivity contribution in [3.05, 3.63) is 28.4 Å². The lowest BCUT2D eigenvalue weighted by Gasteiger charge is -2.12. The normalized spacial score (nSPS) is 11.3. The molecule has 134 valence electrons. The molecule has 8 nitrogen and oxygen atoms in total. The van der Waals surface area contributed by atoms with E-state index in [-0.39, 0.29) is 4.91 Å². The van der Waals surface area contributed by atoms with Crippen LogP contribution >= 0.6 is 11.8 Å². The van der Waals surface area contributed by atoms with Crippen LogP contribution in [0.4, 0.5) is 0 Å². The summed E-state index contributed by atoms with van der Waals surface area (Å²) in [5, 5.41) is 16.6. The molecule has 0 aliphatic carbocycles. The summed E-state index contributed by atoms with van der Waals surface area (Å²) in [4.78, 5) is 15.9. The summed E-state index contributed by atoms with van der Waals surface area (Å²) < 4.78 is 15.8. The molecule has 0 amide bonds. The molecule has 2 N–H and O–H groups in total. The van der Waals surface area contributed by atoms with Crippen molar-refractivity contribution in [2.24, 2.45) is 0 Å². The van der Waals surface area contributed by atoms with Crippen LogP contribution in [0.3, 0.4) is 0 Å². The maximum Gasteiger partial charge on any atom is 0.342 e. The van der Waals surface area contributed by atoms with Crippen molar-refractivity contribution >= 4 is 23.8 Å². The van der Waals surface area contributed by atoms with E-state index in [1.54, 1.807) is 12.1 Å². The van der Waals surface area contributed by atoms with E-state index in [1.807, 2.05) is 6.92 Å². The summed E-state index contributed by atoms with van der Waals surface area (Å²) >= 11 is 0.951. The number of rotatable bonds is 8. The lowest BCUT2D eigenvalue weighted by atomic mass is 10.1. The first-order valence-electron chi connectivity index (χ1n) is 7.36. The Morgan fingerprint density at radius 3 is 2.36 bits per heavy atom. The van der Waals surface area contributed by atoms with Crippen molar-refractivity contribution in [1.29, 1.82) is 0 Å². The van der Waals surface area contributed by atoms with Gasteiger partial charge in [-0.1, -0.05) is 6.92 Å². The molecule has 0 radical (unpaired) electrons. The third-order valence-electron chi connectivity index (χ3n) is 3.28. The average Bonchev–Trinajstić information content (AvgIpc) is 3.08. The molecule has 0 unspecified atom stereocenters. The van der Waals surface area contributed by atoms with Crippen LogP contribution in [0.2, 0.25) is 0 Å². The van der Waals surface area contributed by atoms with E-state index in [0.29, 0.717) is 40.2 Å². The van der Waals surface area contributed by atoms with Crippen LogP contribution in [0.5, 0.6) is 17.2 Å². The van der Waals surface area contributed by atoms with E-state index in [9.17, 15) is 9.90 Å². The second kappa shape index (κ2) is 8.43. The van der Waals surface area contributed by atoms with Gasteiger partial charge in [0.15, 0.2) is 11.5 Å². The molecule has 25 heavy (non-hydrogen) atoms. The first kappa shape index (κ1) is 18.7. The van der Waals surface area contributed by atoms with Crippen LogP contribution in [0.15, 0.2) is 22.2 Å². The number of nitrogens with one attached hydrogen (secondary N) is 1. The summed E-state index contributed by atoms with van der Waals surface area (Å²) in [6.07, 6.45) is 2.17. The van der Waals surface area contributed by atoms with Crippen molar-refractivity contribution in [1.82, 2.24) is 15.2 Å². The molecule has 0 aliphatic rings. The van der Waals surface area contributed by atoms with Crippen molar-refractivity contribution in [2.75, 3.05) is 21.3 Å². The van der Waals surface area contributed by atoms with Crippen LogP contribution in [0, 0.1) is 0 Å². The number of aromatic nitrogens is 3. The highest BCUT2D eigenvalue weighted by Gasteiger charge is 2.16. The number of H-pyrrole nitrogens is 1. The molecule has 0 spiro atoms. The molecular weight excluding hydrogens is 346 g/mol. The minimum Gasteiger partial charge on any atom is -0.496 e. The Morgan fingerprint density at radius 2 is 1.84 bits per heavy atom. The molecule has 0 fully saturated rings. The number of aliphatic carboxylic acids is 1. The third-order valence-corrected chi connectivity index (χ3v) is 4.16. The van der Waals surface area contributed by atoms with E-state index >= 15 is 0 Å². The zero-order chi connectivity index (χ0) is 18.4. The SMILES string of the molecule is CCc1nc(S/C(=C\c2cc(OC)c(OC)cc2OC)C(=O)O)n[nH]1. The fourth-order valence-electron chi connectivity index (χ4n) is 2.02. The van der Waals surface area contributed by atoms with Gasteiger partial charge in [0.1, 0.15) is 16.5 Å². The average molecular weight is 365 g/mol. The van der Waals surface area contributed by atoms with Gasteiger partial charge in [-0.2, -0.15) is 0 Å². The van der Waals surface area contributed by atoms with Gasteiger partial charge in [-0.05, 0) is 23.9 Å². The first-order chi connectivity index (χ1) is 12.0. The van der Waals surface area contributed by atoms with Gasteiger partial charge in [0, 0.05) is 18.1 Å². The van der Waals surface area contributed by atoms with E-state index in [4.69, 9.17) is 14.2 Å². The Bertz CT molecular complexity index is 788. The molecule has 0 bridgehead atoms. The number of methoxy groups -OCH3 is 3. The van der Waals surface area contributed by atoms with Gasteiger partial charge < -0.3 is 19.3 Å². The highest BCUT2D eigenvalue weighted by atomic mass is 32.2. The van der Waals surface area contributed by atoms with Crippen LogP contribution in [-0.4, -0.2) is 47.6 Å². The Morgan fingerprint density at radius 1 is 1.20 bits per heavy atom. The topological polar surface area (TPSA) is 107 Å². The number of thioether (sulfide) groups is 1. The highest BCUT2D eigenvalue weighted by molar-refractivity contribution is 8.04. The fourth-order valence-corrected chi connectivity index (χ4v) is 2.74. The number of benzene rings is 1. The van der Waals surface area contributed by atoms with Gasteiger partial charge in [0.25, 0.3) is 0 Å². The predicted molar refractivity (Wildman–Crippen MR) is 93.3 cm³/mol. The molecule has 1 aromatic carbocycles. The molecule has 0 aliphatic heterocycles. The van der Waals surface area contributed by atoms with Gasteiger partial charge >= 0.3 is 5.97 Å². The van der Waals surface area contributed by atoms with Crippen LogP contribution in [-0.2, 0) is 11.2 Å². The third kappa shape index (κ3) is 4.44. The summed E-state index contributed by atoms with van der Waals surface area (Å²) in [7, 11) is 4.51. The van der Waals surface area contributed by atoms with Gasteiger partial charge in [-0.25, -0.2) is 9.78 Å². The standard InChI is InChI=1S/C16H19N3O5S/c1-5-14-17-16(19-18-14)25-13(15(20)21)7-9-6-11(23-3)12(24-4)8-10(9)22-2/h6-8H,5H2,1-4H3,(H,20,21)(H,17,18,19)/b13-7-. The van der Waals surface area contributed by atoms with Crippen molar-refractivity contribution < 1.29 is 24.1 Å². The second-order valence-corrected chi connectivity index (χ2v) is 5.79. The molecule has 0 atom stereocenters. The number of aryl methyl sites for hydroxylation is 1. The molecule has 1 heterocycles. The van der Waals surface area contributed by atoms with Gasteiger partial charge in [0.05, 0.1) is 21.3 Å². The number of nitrogens with zero attached hydrogens (tertiary/aromatic N) is 2.